The molecule has 0 bridgehead atoms. The Bertz CT molecular complexity index is 534. The summed E-state index contributed by atoms with van der Waals surface area (Å²) in [7, 11) is -2.50. The van der Waals surface area contributed by atoms with Crippen LogP contribution in [0.25, 0.3) is 0 Å². The number of nitrogens with one attached hydrogen (secondary N) is 2. The van der Waals surface area contributed by atoms with Crippen molar-refractivity contribution in [3.63, 3.8) is 0 Å². The summed E-state index contributed by atoms with van der Waals surface area (Å²) in [6, 6.07) is 1.17. The molecule has 17 heavy (non-hydrogen) atoms. The van der Waals surface area contributed by atoms with Gasteiger partial charge >= 0.3 is 0 Å². The summed E-state index contributed by atoms with van der Waals surface area (Å²) in [4.78, 5) is 21.4. The Balaban J connectivity index is 2.89. The van der Waals surface area contributed by atoms with Gasteiger partial charge in [0.25, 0.3) is 5.91 Å². The molecule has 0 saturated carbocycles. The Hall–Kier alpha value is -1.45. The number of hydrogen-bond donors (Lipinski definition) is 2. The van der Waals surface area contributed by atoms with E-state index < -0.39 is 28.4 Å². The van der Waals surface area contributed by atoms with Crippen LogP contribution in [-0.2, 0) is 14.8 Å². The zero-order valence-corrected chi connectivity index (χ0v) is 10.4. The molecular weight excluding hydrogens is 268 g/mol. The van der Waals surface area contributed by atoms with E-state index in [1.54, 1.807) is 0 Å². The number of carbonyl (C=O) groups excluding carboxylic acids is 2. The Morgan fingerprint density at radius 2 is 2.12 bits per heavy atom. The zero-order valence-electron chi connectivity index (χ0n) is 8.72. The summed E-state index contributed by atoms with van der Waals surface area (Å²) in [6.45, 7) is -0.812. The number of sulfonamides is 1. The van der Waals surface area contributed by atoms with Gasteiger partial charge in [0, 0.05) is 12.4 Å². The summed E-state index contributed by atoms with van der Waals surface area (Å²) < 4.78 is 24.9. The number of carboxylic acids is 1. The number of amides is 1. The lowest BCUT2D eigenvalue weighted by Gasteiger charge is -2.04. The molecule has 0 aliphatic rings. The summed E-state index contributed by atoms with van der Waals surface area (Å²) >= 11 is 0.949. The van der Waals surface area contributed by atoms with Gasteiger partial charge in [0.1, 0.15) is 0 Å². The van der Waals surface area contributed by atoms with Gasteiger partial charge in [0.15, 0.2) is 0 Å². The molecule has 0 aromatic carbocycles. The van der Waals surface area contributed by atoms with E-state index in [-0.39, 0.29) is 9.77 Å². The maximum atomic E-state index is 11.5. The third-order valence-electron chi connectivity index (χ3n) is 1.74. The van der Waals surface area contributed by atoms with Gasteiger partial charge in [-0.05, 0) is 6.07 Å². The van der Waals surface area contributed by atoms with Crippen molar-refractivity contribution < 1.29 is 23.1 Å². The molecule has 0 aliphatic heterocycles. The quantitative estimate of drug-likeness (QED) is 0.654. The van der Waals surface area contributed by atoms with Crippen LogP contribution in [0.4, 0.5) is 0 Å². The molecule has 0 fully saturated rings. The molecule has 1 rings (SSSR count). The lowest BCUT2D eigenvalue weighted by Crippen LogP contribution is -2.37. The Morgan fingerprint density at radius 3 is 2.65 bits per heavy atom. The molecule has 0 spiro atoms. The minimum Gasteiger partial charge on any atom is -0.549 e. The summed E-state index contributed by atoms with van der Waals surface area (Å²) in [5.74, 6) is -1.94. The van der Waals surface area contributed by atoms with E-state index in [4.69, 9.17) is 0 Å². The molecule has 0 unspecified atom stereocenters. The van der Waals surface area contributed by atoms with Crippen molar-refractivity contribution >= 4 is 33.2 Å². The smallest absolute Gasteiger partial charge is 0.261 e. The number of hydrogen-bond acceptors (Lipinski definition) is 6. The highest BCUT2D eigenvalue weighted by Crippen LogP contribution is 2.18. The fraction of sp³-hybridized carbons (Fsp3) is 0.250. The molecule has 0 atom stereocenters. The minimum atomic E-state index is -3.92. The highest BCUT2D eigenvalue weighted by Gasteiger charge is 2.17. The number of carbonyl (C=O) groups is 2. The van der Waals surface area contributed by atoms with Gasteiger partial charge in [0.2, 0.25) is 10.0 Å². The fourth-order valence-corrected chi connectivity index (χ4v) is 3.13. The lowest BCUT2D eigenvalue weighted by atomic mass is 10.4. The van der Waals surface area contributed by atoms with Crippen molar-refractivity contribution in [2.75, 3.05) is 13.6 Å². The van der Waals surface area contributed by atoms with E-state index in [1.807, 2.05) is 4.72 Å². The van der Waals surface area contributed by atoms with Gasteiger partial charge in [-0.25, -0.2) is 13.1 Å². The molecule has 1 aromatic rings. The third kappa shape index (κ3) is 3.51. The zero-order chi connectivity index (χ0) is 13.1. The van der Waals surface area contributed by atoms with Crippen LogP contribution in [0.5, 0.6) is 0 Å². The molecule has 0 radical (unpaired) electrons. The molecule has 94 valence electrons. The van der Waals surface area contributed by atoms with E-state index in [1.165, 1.54) is 18.5 Å². The highest BCUT2D eigenvalue weighted by molar-refractivity contribution is 7.89. The maximum Gasteiger partial charge on any atom is 0.261 e. The predicted octanol–water partition coefficient (Wildman–Crippen LogP) is -1.86. The van der Waals surface area contributed by atoms with Crippen molar-refractivity contribution in [2.45, 2.75) is 4.90 Å². The van der Waals surface area contributed by atoms with Crippen molar-refractivity contribution in [1.29, 1.82) is 0 Å². The van der Waals surface area contributed by atoms with E-state index in [0.717, 1.165) is 11.3 Å². The molecule has 0 saturated heterocycles. The molecule has 9 heteroatoms. The van der Waals surface area contributed by atoms with Crippen LogP contribution in [0.2, 0.25) is 0 Å². The van der Waals surface area contributed by atoms with E-state index >= 15 is 0 Å². The molecule has 1 aromatic heterocycles. The van der Waals surface area contributed by atoms with Crippen LogP contribution in [0.15, 0.2) is 16.3 Å². The van der Waals surface area contributed by atoms with Gasteiger partial charge in [0.05, 0.1) is 22.3 Å². The van der Waals surface area contributed by atoms with Crippen molar-refractivity contribution in [1.82, 2.24) is 10.0 Å². The first-order valence-corrected chi connectivity index (χ1v) is 6.73. The second kappa shape index (κ2) is 5.25. The van der Waals surface area contributed by atoms with Crippen LogP contribution in [0, 0.1) is 0 Å². The molecule has 1 amide bonds. The monoisotopic (exact) mass is 277 g/mol. The molecular formula is C8H9N2O5S2-. The van der Waals surface area contributed by atoms with Crippen molar-refractivity contribution in [3.8, 4) is 0 Å². The first-order chi connectivity index (χ1) is 7.86. The largest absolute Gasteiger partial charge is 0.549 e. The van der Waals surface area contributed by atoms with Crippen molar-refractivity contribution in [3.05, 3.63) is 16.3 Å². The fourth-order valence-electron chi connectivity index (χ4n) is 0.939. The summed E-state index contributed by atoms with van der Waals surface area (Å²) in [5, 5.41) is 13.7. The molecule has 7 nitrogen and oxygen atoms in total. The van der Waals surface area contributed by atoms with E-state index in [9.17, 15) is 23.1 Å². The first kappa shape index (κ1) is 13.6. The van der Waals surface area contributed by atoms with Crippen LogP contribution in [0.3, 0.4) is 0 Å². The summed E-state index contributed by atoms with van der Waals surface area (Å²) in [5.41, 5.74) is 0. The number of thiophene rings is 1. The highest BCUT2D eigenvalue weighted by atomic mass is 32.2. The van der Waals surface area contributed by atoms with Crippen LogP contribution >= 0.6 is 11.3 Å². The first-order valence-electron chi connectivity index (χ1n) is 4.37. The van der Waals surface area contributed by atoms with Crippen molar-refractivity contribution in [2.24, 2.45) is 0 Å². The van der Waals surface area contributed by atoms with Gasteiger partial charge < -0.3 is 15.2 Å². The van der Waals surface area contributed by atoms with E-state index in [0.29, 0.717) is 0 Å². The minimum absolute atomic E-state index is 0.151. The van der Waals surface area contributed by atoms with E-state index in [2.05, 4.69) is 5.32 Å². The average molecular weight is 277 g/mol. The molecule has 2 N–H and O–H groups in total. The SMILES string of the molecule is CNC(=O)c1cc(S(=O)(=O)NCC(=O)[O-])cs1. The standard InChI is InChI=1S/C8H10N2O5S2/c1-9-8(13)6-2-5(4-16-6)17(14,15)10-3-7(11)12/h2,4,10H,3H2,1H3,(H,9,13)(H,11,12)/p-1. The Labute approximate surface area is 102 Å². The number of rotatable bonds is 5. The van der Waals surface area contributed by atoms with Crippen LogP contribution < -0.4 is 15.1 Å². The Morgan fingerprint density at radius 1 is 1.47 bits per heavy atom. The molecule has 1 heterocycles. The van der Waals surface area contributed by atoms with Crippen LogP contribution in [0.1, 0.15) is 9.67 Å². The topological polar surface area (TPSA) is 115 Å². The second-order valence-corrected chi connectivity index (χ2v) is 5.60. The number of aliphatic carboxylic acids is 1. The Kier molecular flexibility index (Phi) is 4.21. The van der Waals surface area contributed by atoms with Gasteiger partial charge in [-0.15, -0.1) is 11.3 Å². The average Bonchev–Trinajstić information content (AvgIpc) is 2.75. The normalized spacial score (nSPS) is 11.1. The van der Waals surface area contributed by atoms with Gasteiger partial charge in [-0.3, -0.25) is 4.79 Å². The summed E-state index contributed by atoms with van der Waals surface area (Å²) in [6.07, 6.45) is 0. The van der Waals surface area contributed by atoms with Crippen LogP contribution in [-0.4, -0.2) is 33.9 Å². The lowest BCUT2D eigenvalue weighted by molar-refractivity contribution is -0.303. The van der Waals surface area contributed by atoms with Gasteiger partial charge in [-0.1, -0.05) is 0 Å². The third-order valence-corrected chi connectivity index (χ3v) is 4.20. The predicted molar refractivity (Wildman–Crippen MR) is 57.9 cm³/mol. The number of carboxylic acid groups (broad SMARTS) is 1. The van der Waals surface area contributed by atoms with Gasteiger partial charge in [-0.2, -0.15) is 0 Å². The molecule has 0 aliphatic carbocycles. The second-order valence-electron chi connectivity index (χ2n) is 2.92. The maximum absolute atomic E-state index is 11.5.